The van der Waals surface area contributed by atoms with Gasteiger partial charge in [-0.25, -0.2) is 0 Å². The maximum Gasteiger partial charge on any atom is 0.191 e. The highest BCUT2D eigenvalue weighted by atomic mass is 32.2. The predicted molar refractivity (Wildman–Crippen MR) is 92.1 cm³/mol. The van der Waals surface area contributed by atoms with E-state index in [0.29, 0.717) is 6.54 Å². The number of nitrogens with one attached hydrogen (secondary N) is 2. The van der Waals surface area contributed by atoms with Gasteiger partial charge in [0.05, 0.1) is 12.1 Å². The van der Waals surface area contributed by atoms with Crippen molar-refractivity contribution in [2.45, 2.75) is 57.5 Å². The summed E-state index contributed by atoms with van der Waals surface area (Å²) in [6.07, 6.45) is 9.14. The van der Waals surface area contributed by atoms with Crippen molar-refractivity contribution in [1.29, 1.82) is 0 Å². The lowest BCUT2D eigenvalue weighted by Crippen LogP contribution is -2.40. The molecule has 1 heterocycles. The molecule has 0 aromatic rings. The molecule has 4 nitrogen and oxygen atoms in total. The topological polar surface area (TPSA) is 56.7 Å². The number of thioether (sulfide) groups is 1. The molecule has 0 radical (unpaired) electrons. The Kier molecular flexibility index (Phi) is 7.17. The van der Waals surface area contributed by atoms with Crippen LogP contribution in [0.2, 0.25) is 0 Å². The van der Waals surface area contributed by atoms with Gasteiger partial charge in [0.25, 0.3) is 0 Å². The third-order valence-corrected chi connectivity index (χ3v) is 5.75. The lowest BCUT2D eigenvalue weighted by atomic mass is 10.0. The van der Waals surface area contributed by atoms with Gasteiger partial charge >= 0.3 is 0 Å². The predicted octanol–water partition coefficient (Wildman–Crippen LogP) is 2.38. The number of hydrogen-bond acceptors (Lipinski definition) is 3. The van der Waals surface area contributed by atoms with Crippen molar-refractivity contribution in [3.05, 3.63) is 0 Å². The Hall–Kier alpha value is -0.420. The van der Waals surface area contributed by atoms with Gasteiger partial charge < -0.3 is 15.7 Å². The fraction of sp³-hybridized carbons (Fsp3) is 0.938. The molecule has 1 aliphatic heterocycles. The summed E-state index contributed by atoms with van der Waals surface area (Å²) in [5.74, 6) is 3.69. The number of nitrogens with zero attached hydrogens (tertiary/aromatic N) is 1. The van der Waals surface area contributed by atoms with E-state index in [0.717, 1.165) is 42.9 Å². The minimum Gasteiger partial charge on any atom is -0.387 e. The fourth-order valence-corrected chi connectivity index (χ4v) is 4.47. The van der Waals surface area contributed by atoms with Gasteiger partial charge in [0.1, 0.15) is 0 Å². The first kappa shape index (κ1) is 16.9. The molecule has 21 heavy (non-hydrogen) atoms. The second kappa shape index (κ2) is 8.89. The molecule has 0 spiro atoms. The van der Waals surface area contributed by atoms with Gasteiger partial charge in [-0.15, -0.1) is 0 Å². The zero-order valence-corrected chi connectivity index (χ0v) is 14.2. The van der Waals surface area contributed by atoms with Crippen LogP contribution in [0.5, 0.6) is 0 Å². The second-order valence-electron chi connectivity index (χ2n) is 6.44. The number of aliphatic imine (C=N–C) groups is 1. The highest BCUT2D eigenvalue weighted by Crippen LogP contribution is 2.28. The van der Waals surface area contributed by atoms with E-state index in [4.69, 9.17) is 0 Å². The lowest BCUT2D eigenvalue weighted by Gasteiger charge is -2.20. The molecule has 3 N–H and O–H groups in total. The van der Waals surface area contributed by atoms with Gasteiger partial charge in [0, 0.05) is 18.8 Å². The molecule has 1 saturated heterocycles. The van der Waals surface area contributed by atoms with Crippen molar-refractivity contribution >= 4 is 17.7 Å². The summed E-state index contributed by atoms with van der Waals surface area (Å²) >= 11 is 1.82. The Morgan fingerprint density at radius 3 is 2.81 bits per heavy atom. The van der Waals surface area contributed by atoms with E-state index >= 15 is 0 Å². The van der Waals surface area contributed by atoms with E-state index in [9.17, 15) is 5.11 Å². The second-order valence-corrected chi connectivity index (χ2v) is 7.55. The maximum absolute atomic E-state index is 10.3. The average Bonchev–Trinajstić information content (AvgIpc) is 3.13. The van der Waals surface area contributed by atoms with E-state index in [1.807, 2.05) is 11.8 Å². The van der Waals surface area contributed by atoms with Gasteiger partial charge in [-0.3, -0.25) is 4.99 Å². The molecule has 2 rings (SSSR count). The minimum absolute atomic E-state index is 0.512. The number of hydrogen-bond donors (Lipinski definition) is 3. The normalized spacial score (nSPS) is 27.2. The molecule has 0 aromatic carbocycles. The molecule has 0 bridgehead atoms. The standard InChI is InChI=1S/C16H31N3OS/c1-2-17-15(19-12-16(20)9-11-21-13-16)18-10-5-8-14-6-3-4-7-14/h14,20H,2-13H2,1H3,(H2,17,18,19). The molecule has 1 saturated carbocycles. The summed E-state index contributed by atoms with van der Waals surface area (Å²) < 4.78 is 0. The van der Waals surface area contributed by atoms with Crippen LogP contribution in [0.15, 0.2) is 4.99 Å². The Morgan fingerprint density at radius 2 is 2.14 bits per heavy atom. The van der Waals surface area contributed by atoms with Crippen molar-refractivity contribution < 1.29 is 5.11 Å². The van der Waals surface area contributed by atoms with Crippen LogP contribution in [0.3, 0.4) is 0 Å². The van der Waals surface area contributed by atoms with Gasteiger partial charge in [0.15, 0.2) is 5.96 Å². The van der Waals surface area contributed by atoms with E-state index in [-0.39, 0.29) is 0 Å². The van der Waals surface area contributed by atoms with Crippen molar-refractivity contribution in [1.82, 2.24) is 10.6 Å². The van der Waals surface area contributed by atoms with Crippen LogP contribution >= 0.6 is 11.8 Å². The molecular weight excluding hydrogens is 282 g/mol. The highest BCUT2D eigenvalue weighted by Gasteiger charge is 2.31. The van der Waals surface area contributed by atoms with Crippen LogP contribution in [-0.2, 0) is 0 Å². The van der Waals surface area contributed by atoms with Crippen LogP contribution in [-0.4, -0.2) is 47.8 Å². The number of guanidine groups is 1. The third-order valence-electron chi connectivity index (χ3n) is 4.51. The summed E-state index contributed by atoms with van der Waals surface area (Å²) in [7, 11) is 0. The Morgan fingerprint density at radius 1 is 1.33 bits per heavy atom. The van der Waals surface area contributed by atoms with Crippen LogP contribution in [0.1, 0.15) is 51.9 Å². The molecule has 122 valence electrons. The van der Waals surface area contributed by atoms with Gasteiger partial charge in [-0.2, -0.15) is 11.8 Å². The van der Waals surface area contributed by atoms with Crippen LogP contribution in [0.25, 0.3) is 0 Å². The molecule has 2 aliphatic rings. The molecule has 0 amide bonds. The molecule has 1 aliphatic carbocycles. The zero-order valence-electron chi connectivity index (χ0n) is 13.4. The SMILES string of the molecule is CCNC(=NCC1(O)CCSC1)NCCCC1CCCC1. The number of aliphatic hydroxyl groups is 1. The summed E-state index contributed by atoms with van der Waals surface area (Å²) in [6.45, 7) is 4.44. The van der Waals surface area contributed by atoms with Crippen LogP contribution in [0.4, 0.5) is 0 Å². The Labute approximate surface area is 133 Å². The zero-order chi connectivity index (χ0) is 15.0. The fourth-order valence-electron chi connectivity index (χ4n) is 3.19. The molecule has 0 aromatic heterocycles. The van der Waals surface area contributed by atoms with Crippen LogP contribution in [0, 0.1) is 5.92 Å². The van der Waals surface area contributed by atoms with E-state index < -0.39 is 5.60 Å². The third kappa shape index (κ3) is 6.07. The monoisotopic (exact) mass is 313 g/mol. The molecule has 2 fully saturated rings. The quantitative estimate of drug-likeness (QED) is 0.384. The summed E-state index contributed by atoms with van der Waals surface area (Å²) in [5.41, 5.74) is -0.586. The van der Waals surface area contributed by atoms with Crippen molar-refractivity contribution in [2.75, 3.05) is 31.1 Å². The lowest BCUT2D eigenvalue weighted by molar-refractivity contribution is 0.0778. The van der Waals surface area contributed by atoms with E-state index in [1.165, 1.54) is 38.5 Å². The van der Waals surface area contributed by atoms with Gasteiger partial charge in [-0.05, 0) is 37.9 Å². The average molecular weight is 314 g/mol. The number of rotatable bonds is 7. The summed E-state index contributed by atoms with van der Waals surface area (Å²) in [5, 5.41) is 17.0. The van der Waals surface area contributed by atoms with Crippen LogP contribution < -0.4 is 10.6 Å². The van der Waals surface area contributed by atoms with Crippen molar-refractivity contribution in [3.63, 3.8) is 0 Å². The maximum atomic E-state index is 10.3. The minimum atomic E-state index is -0.586. The molecule has 5 heteroatoms. The summed E-state index contributed by atoms with van der Waals surface area (Å²) in [4.78, 5) is 4.57. The smallest absolute Gasteiger partial charge is 0.191 e. The summed E-state index contributed by atoms with van der Waals surface area (Å²) in [6, 6.07) is 0. The van der Waals surface area contributed by atoms with Crippen molar-refractivity contribution in [2.24, 2.45) is 10.9 Å². The highest BCUT2D eigenvalue weighted by molar-refractivity contribution is 7.99. The first-order valence-corrected chi connectivity index (χ1v) is 9.70. The molecule has 1 unspecified atom stereocenters. The first-order chi connectivity index (χ1) is 10.2. The van der Waals surface area contributed by atoms with Gasteiger partial charge in [0.2, 0.25) is 0 Å². The van der Waals surface area contributed by atoms with E-state index in [2.05, 4.69) is 22.5 Å². The Balaban J connectivity index is 1.67. The first-order valence-electron chi connectivity index (χ1n) is 8.54. The molecule has 1 atom stereocenters. The van der Waals surface area contributed by atoms with Gasteiger partial charge in [-0.1, -0.05) is 25.7 Å². The van der Waals surface area contributed by atoms with E-state index in [1.54, 1.807) is 0 Å². The largest absolute Gasteiger partial charge is 0.387 e. The molecular formula is C16H31N3OS. The Bertz CT molecular complexity index is 323. The van der Waals surface area contributed by atoms with Crippen molar-refractivity contribution in [3.8, 4) is 0 Å².